The van der Waals surface area contributed by atoms with Gasteiger partial charge < -0.3 is 10.6 Å². The molecule has 2 fully saturated rings. The molecule has 0 aliphatic carbocycles. The monoisotopic (exact) mass is 367 g/mol. The highest BCUT2D eigenvalue weighted by Gasteiger charge is 2.24. The minimum absolute atomic E-state index is 0. The predicted molar refractivity (Wildman–Crippen MR) is 102 cm³/mol. The summed E-state index contributed by atoms with van der Waals surface area (Å²) in [4.78, 5) is 14.7. The fourth-order valence-corrected chi connectivity index (χ4v) is 3.83. The summed E-state index contributed by atoms with van der Waals surface area (Å²) in [6.07, 6.45) is 7.06. The van der Waals surface area contributed by atoms with Crippen molar-refractivity contribution in [3.63, 3.8) is 0 Å². The summed E-state index contributed by atoms with van der Waals surface area (Å²) >= 11 is 0. The molecule has 0 aromatic rings. The molecule has 2 saturated heterocycles. The molecule has 0 spiro atoms. The number of likely N-dealkylation sites (tertiary alicyclic amines) is 1. The molecule has 23 heavy (non-hydrogen) atoms. The number of halogens is 2. The number of likely N-dealkylation sites (N-methyl/N-ethyl adjacent to an activating group) is 1. The zero-order valence-electron chi connectivity index (χ0n) is 14.7. The van der Waals surface area contributed by atoms with Crippen molar-refractivity contribution < 1.29 is 4.79 Å². The fourth-order valence-electron chi connectivity index (χ4n) is 3.83. The van der Waals surface area contributed by atoms with E-state index in [0.29, 0.717) is 24.3 Å². The van der Waals surface area contributed by atoms with Crippen molar-refractivity contribution in [3.8, 4) is 0 Å². The second kappa shape index (κ2) is 12.3. The molecule has 6 heteroatoms. The Balaban J connectivity index is 0.00000242. The van der Waals surface area contributed by atoms with E-state index in [0.717, 1.165) is 26.2 Å². The van der Waals surface area contributed by atoms with Crippen molar-refractivity contribution in [3.05, 3.63) is 0 Å². The second-order valence-corrected chi connectivity index (χ2v) is 6.87. The van der Waals surface area contributed by atoms with Crippen LogP contribution in [0.4, 0.5) is 0 Å². The third-order valence-electron chi connectivity index (χ3n) is 5.34. The summed E-state index contributed by atoms with van der Waals surface area (Å²) in [7, 11) is 0. The molecule has 0 radical (unpaired) electrons. The molecule has 0 bridgehead atoms. The quantitative estimate of drug-likeness (QED) is 0.758. The van der Waals surface area contributed by atoms with Gasteiger partial charge in [-0.1, -0.05) is 20.3 Å². The van der Waals surface area contributed by atoms with Crippen LogP contribution in [0.15, 0.2) is 0 Å². The molecule has 1 amide bonds. The topological polar surface area (TPSA) is 44.4 Å². The van der Waals surface area contributed by atoms with Gasteiger partial charge in [0.25, 0.3) is 0 Å². The maximum Gasteiger partial charge on any atom is 0.220 e. The molecule has 2 N–H and O–H groups in total. The highest BCUT2D eigenvalue weighted by atomic mass is 35.5. The Morgan fingerprint density at radius 3 is 2.70 bits per heavy atom. The zero-order chi connectivity index (χ0) is 15.1. The fraction of sp³-hybridized carbons (Fsp3) is 0.941. The molecule has 0 saturated carbocycles. The molecular weight excluding hydrogens is 333 g/mol. The number of rotatable bonds is 6. The summed E-state index contributed by atoms with van der Waals surface area (Å²) < 4.78 is 0. The average Bonchev–Trinajstić information content (AvgIpc) is 2.54. The third kappa shape index (κ3) is 7.59. The van der Waals surface area contributed by atoms with Gasteiger partial charge in [0.05, 0.1) is 0 Å². The second-order valence-electron chi connectivity index (χ2n) is 6.87. The van der Waals surface area contributed by atoms with Gasteiger partial charge in [0.2, 0.25) is 5.91 Å². The molecule has 0 aromatic heterocycles. The van der Waals surface area contributed by atoms with Crippen molar-refractivity contribution >= 4 is 30.7 Å². The summed E-state index contributed by atoms with van der Waals surface area (Å²) in [5.41, 5.74) is 0. The SMILES string of the molecule is CCN1CCCCC1CNC(=O)CC(C)C1CCCNC1.Cl.Cl. The standard InChI is InChI=1S/C17H33N3O.2ClH/c1-3-20-10-5-4-8-16(20)13-19-17(21)11-14(2)15-7-6-9-18-12-15;;/h14-16,18H,3-13H2,1-2H3,(H,19,21);2*1H. The van der Waals surface area contributed by atoms with Gasteiger partial charge in [-0.2, -0.15) is 0 Å². The van der Waals surface area contributed by atoms with Crippen LogP contribution in [0.25, 0.3) is 0 Å². The number of piperidine rings is 2. The number of carbonyl (C=O) groups is 1. The van der Waals surface area contributed by atoms with Crippen LogP contribution in [0.1, 0.15) is 52.4 Å². The average molecular weight is 368 g/mol. The smallest absolute Gasteiger partial charge is 0.220 e. The number of nitrogens with one attached hydrogen (secondary N) is 2. The van der Waals surface area contributed by atoms with Crippen LogP contribution >= 0.6 is 24.8 Å². The molecule has 0 aromatic carbocycles. The maximum absolute atomic E-state index is 12.2. The van der Waals surface area contributed by atoms with Crippen molar-refractivity contribution in [1.29, 1.82) is 0 Å². The predicted octanol–water partition coefficient (Wildman–Crippen LogP) is 2.85. The first-order valence-corrected chi connectivity index (χ1v) is 8.92. The number of hydrogen-bond acceptors (Lipinski definition) is 3. The van der Waals surface area contributed by atoms with Crippen molar-refractivity contribution in [1.82, 2.24) is 15.5 Å². The Morgan fingerprint density at radius 2 is 2.04 bits per heavy atom. The van der Waals surface area contributed by atoms with Crippen LogP contribution in [0, 0.1) is 11.8 Å². The number of hydrogen-bond donors (Lipinski definition) is 2. The molecule has 3 unspecified atom stereocenters. The molecule has 138 valence electrons. The van der Waals surface area contributed by atoms with Crippen LogP contribution in [0.3, 0.4) is 0 Å². The Labute approximate surface area is 154 Å². The largest absolute Gasteiger partial charge is 0.355 e. The first-order valence-electron chi connectivity index (χ1n) is 8.92. The van der Waals surface area contributed by atoms with Gasteiger partial charge in [-0.15, -0.1) is 24.8 Å². The normalized spacial score (nSPS) is 26.5. The van der Waals surface area contributed by atoms with Gasteiger partial charge in [0, 0.05) is 19.0 Å². The van der Waals surface area contributed by atoms with Crippen LogP contribution in [0.2, 0.25) is 0 Å². The molecular formula is C17H35Cl2N3O. The van der Waals surface area contributed by atoms with E-state index in [1.807, 2.05) is 0 Å². The van der Waals surface area contributed by atoms with Gasteiger partial charge >= 0.3 is 0 Å². The highest BCUT2D eigenvalue weighted by molar-refractivity contribution is 5.85. The number of nitrogens with zero attached hydrogens (tertiary/aromatic N) is 1. The van der Waals surface area contributed by atoms with Crippen LogP contribution in [-0.2, 0) is 4.79 Å². The minimum atomic E-state index is 0. The maximum atomic E-state index is 12.2. The Bertz CT molecular complexity index is 325. The minimum Gasteiger partial charge on any atom is -0.355 e. The van der Waals surface area contributed by atoms with Crippen LogP contribution in [0.5, 0.6) is 0 Å². The van der Waals surface area contributed by atoms with E-state index in [1.54, 1.807) is 0 Å². The van der Waals surface area contributed by atoms with E-state index in [9.17, 15) is 4.79 Å². The third-order valence-corrected chi connectivity index (χ3v) is 5.34. The molecule has 2 aliphatic heterocycles. The molecule has 2 aliphatic rings. The first kappa shape index (κ1) is 23.0. The summed E-state index contributed by atoms with van der Waals surface area (Å²) in [6.45, 7) is 9.81. The van der Waals surface area contributed by atoms with E-state index >= 15 is 0 Å². The van der Waals surface area contributed by atoms with Crippen LogP contribution in [-0.4, -0.2) is 49.6 Å². The summed E-state index contributed by atoms with van der Waals surface area (Å²) in [5.74, 6) is 1.41. The zero-order valence-corrected chi connectivity index (χ0v) is 16.3. The lowest BCUT2D eigenvalue weighted by Gasteiger charge is -2.35. The van der Waals surface area contributed by atoms with Crippen molar-refractivity contribution in [2.24, 2.45) is 11.8 Å². The van der Waals surface area contributed by atoms with Gasteiger partial charge in [-0.3, -0.25) is 9.69 Å². The lowest BCUT2D eigenvalue weighted by Crippen LogP contribution is -2.46. The number of amides is 1. The molecule has 2 rings (SSSR count). The molecule has 4 nitrogen and oxygen atoms in total. The van der Waals surface area contributed by atoms with Gasteiger partial charge in [-0.25, -0.2) is 0 Å². The summed E-state index contributed by atoms with van der Waals surface area (Å²) in [5, 5.41) is 6.63. The lowest BCUT2D eigenvalue weighted by atomic mass is 9.85. The van der Waals surface area contributed by atoms with Crippen molar-refractivity contribution in [2.75, 3.05) is 32.7 Å². The van der Waals surface area contributed by atoms with E-state index in [4.69, 9.17) is 0 Å². The van der Waals surface area contributed by atoms with Gasteiger partial charge in [-0.05, 0) is 63.7 Å². The Hall–Kier alpha value is -0.0300. The van der Waals surface area contributed by atoms with Crippen molar-refractivity contribution in [2.45, 2.75) is 58.4 Å². The Morgan fingerprint density at radius 1 is 1.26 bits per heavy atom. The lowest BCUT2D eigenvalue weighted by molar-refractivity contribution is -0.122. The first-order chi connectivity index (χ1) is 10.2. The Kier molecular flexibility index (Phi) is 12.3. The van der Waals surface area contributed by atoms with E-state index in [2.05, 4.69) is 29.4 Å². The summed E-state index contributed by atoms with van der Waals surface area (Å²) in [6, 6.07) is 0.555. The van der Waals surface area contributed by atoms with E-state index in [1.165, 1.54) is 38.6 Å². The van der Waals surface area contributed by atoms with Crippen LogP contribution < -0.4 is 10.6 Å². The molecule has 3 atom stereocenters. The van der Waals surface area contributed by atoms with E-state index < -0.39 is 0 Å². The van der Waals surface area contributed by atoms with Gasteiger partial charge in [0.15, 0.2) is 0 Å². The van der Waals surface area contributed by atoms with Gasteiger partial charge in [0.1, 0.15) is 0 Å². The molecule has 2 heterocycles. The highest BCUT2D eigenvalue weighted by Crippen LogP contribution is 2.22. The van der Waals surface area contributed by atoms with E-state index in [-0.39, 0.29) is 30.7 Å². The number of carbonyl (C=O) groups excluding carboxylic acids is 1.